The van der Waals surface area contributed by atoms with E-state index in [1.165, 1.54) is 28.7 Å². The van der Waals surface area contributed by atoms with Crippen molar-refractivity contribution in [2.45, 2.75) is 92.1 Å². The molecule has 0 bridgehead atoms. The number of ether oxygens (including phenoxy) is 1. The number of hydrogen-bond donors (Lipinski definition) is 1. The van der Waals surface area contributed by atoms with E-state index in [1.807, 2.05) is 13.8 Å². The third-order valence-corrected chi connectivity index (χ3v) is 8.78. The van der Waals surface area contributed by atoms with Crippen LogP contribution in [0.2, 0.25) is 0 Å². The highest BCUT2D eigenvalue weighted by Crippen LogP contribution is 2.44. The van der Waals surface area contributed by atoms with Crippen molar-refractivity contribution in [2.75, 3.05) is 7.11 Å². The lowest BCUT2D eigenvalue weighted by Crippen LogP contribution is -2.40. The zero-order valence-corrected chi connectivity index (χ0v) is 21.6. The number of carbonyl (C=O) groups is 1. The molecule has 172 valence electrons. The molecule has 1 N–H and O–H groups in total. The van der Waals surface area contributed by atoms with E-state index in [0.717, 1.165) is 31.2 Å². The van der Waals surface area contributed by atoms with Gasteiger partial charge in [-0.05, 0) is 80.2 Å². The summed E-state index contributed by atoms with van der Waals surface area (Å²) in [6.07, 6.45) is 3.51. The number of benzene rings is 1. The second-order valence-electron chi connectivity index (χ2n) is 10.1. The molecule has 0 fully saturated rings. The van der Waals surface area contributed by atoms with E-state index in [9.17, 15) is 9.90 Å². The number of esters is 1. The lowest BCUT2D eigenvalue weighted by Gasteiger charge is -2.37. The first-order valence-corrected chi connectivity index (χ1v) is 12.2. The summed E-state index contributed by atoms with van der Waals surface area (Å²) in [6.45, 7) is 16.8. The highest BCUT2D eigenvalue weighted by molar-refractivity contribution is 7.14. The maximum absolute atomic E-state index is 12.2. The number of carbonyl (C=O) groups excluding carboxylic acids is 1. The molecule has 4 heteroatoms. The molecular weight excluding hydrogens is 404 g/mol. The van der Waals surface area contributed by atoms with Crippen LogP contribution in [0.3, 0.4) is 0 Å². The summed E-state index contributed by atoms with van der Waals surface area (Å²) in [4.78, 5) is 14.1. The Morgan fingerprint density at radius 1 is 1.03 bits per heavy atom. The van der Waals surface area contributed by atoms with E-state index >= 15 is 0 Å². The Hall–Kier alpha value is -1.65. The fourth-order valence-electron chi connectivity index (χ4n) is 4.19. The van der Waals surface area contributed by atoms with E-state index < -0.39 is 5.60 Å². The first-order valence-electron chi connectivity index (χ1n) is 11.3. The third-order valence-electron chi connectivity index (χ3n) is 7.36. The van der Waals surface area contributed by atoms with Crippen LogP contribution in [0.1, 0.15) is 97.6 Å². The van der Waals surface area contributed by atoms with Gasteiger partial charge in [-0.1, -0.05) is 52.8 Å². The van der Waals surface area contributed by atoms with Gasteiger partial charge < -0.3 is 9.84 Å². The summed E-state index contributed by atoms with van der Waals surface area (Å²) in [5.74, 6) is -0.257. The molecule has 0 radical (unpaired) electrons. The van der Waals surface area contributed by atoms with Crippen molar-refractivity contribution in [3.05, 3.63) is 56.3 Å². The van der Waals surface area contributed by atoms with Gasteiger partial charge in [0.2, 0.25) is 0 Å². The zero-order valence-electron chi connectivity index (χ0n) is 20.8. The van der Waals surface area contributed by atoms with E-state index in [0.29, 0.717) is 4.88 Å². The summed E-state index contributed by atoms with van der Waals surface area (Å²) in [6, 6.07) is 8.94. The molecule has 0 aliphatic carbocycles. The minimum absolute atomic E-state index is 0.123. The maximum atomic E-state index is 12.2. The molecular formula is C27H40O3S. The number of hydrogen-bond acceptors (Lipinski definition) is 4. The minimum atomic E-state index is -0.715. The predicted molar refractivity (Wildman–Crippen MR) is 131 cm³/mol. The van der Waals surface area contributed by atoms with Crippen molar-refractivity contribution in [1.29, 1.82) is 0 Å². The summed E-state index contributed by atoms with van der Waals surface area (Å²) in [7, 11) is 1.44. The van der Waals surface area contributed by atoms with E-state index in [2.05, 4.69) is 65.8 Å². The van der Waals surface area contributed by atoms with Gasteiger partial charge in [0.05, 0.1) is 12.7 Å². The average Bonchev–Trinajstić information content (AvgIpc) is 3.09. The van der Waals surface area contributed by atoms with Crippen molar-refractivity contribution in [1.82, 2.24) is 0 Å². The van der Waals surface area contributed by atoms with Gasteiger partial charge in [0.25, 0.3) is 0 Å². The number of rotatable bonds is 8. The molecule has 1 heterocycles. The van der Waals surface area contributed by atoms with E-state index in [4.69, 9.17) is 4.74 Å². The Balaban J connectivity index is 2.41. The van der Waals surface area contributed by atoms with Crippen molar-refractivity contribution < 1.29 is 14.6 Å². The molecule has 1 aromatic carbocycles. The molecule has 2 rings (SSSR count). The number of aryl methyl sites for hydroxylation is 3. The van der Waals surface area contributed by atoms with Gasteiger partial charge in [0.15, 0.2) is 0 Å². The summed E-state index contributed by atoms with van der Waals surface area (Å²) >= 11 is 1.56. The lowest BCUT2D eigenvalue weighted by atomic mass is 9.73. The van der Waals surface area contributed by atoms with Gasteiger partial charge in [-0.3, -0.25) is 0 Å². The van der Waals surface area contributed by atoms with E-state index in [-0.39, 0.29) is 16.8 Å². The van der Waals surface area contributed by atoms with Gasteiger partial charge in [-0.25, -0.2) is 4.79 Å². The van der Waals surface area contributed by atoms with Crippen LogP contribution in [0, 0.1) is 19.3 Å². The molecule has 31 heavy (non-hydrogen) atoms. The van der Waals surface area contributed by atoms with Crippen LogP contribution >= 0.6 is 11.3 Å². The zero-order chi connectivity index (χ0) is 23.6. The van der Waals surface area contributed by atoms with Gasteiger partial charge in [0, 0.05) is 10.3 Å². The lowest BCUT2D eigenvalue weighted by molar-refractivity contribution is -0.0476. The third kappa shape index (κ3) is 5.06. The minimum Gasteiger partial charge on any atom is -0.465 e. The van der Waals surface area contributed by atoms with Gasteiger partial charge in [-0.2, -0.15) is 0 Å². The van der Waals surface area contributed by atoms with Crippen LogP contribution in [-0.2, 0) is 16.6 Å². The largest absolute Gasteiger partial charge is 0.465 e. The number of methoxy groups -OCH3 is 1. The highest BCUT2D eigenvalue weighted by Gasteiger charge is 2.36. The average molecular weight is 445 g/mol. The van der Waals surface area contributed by atoms with Crippen molar-refractivity contribution >= 4 is 17.3 Å². The van der Waals surface area contributed by atoms with Crippen LogP contribution in [0.15, 0.2) is 24.3 Å². The molecule has 1 aromatic heterocycles. The summed E-state index contributed by atoms with van der Waals surface area (Å²) in [5, 5.41) is 10.9. The van der Waals surface area contributed by atoms with Crippen LogP contribution < -0.4 is 0 Å². The first kappa shape index (κ1) is 25.6. The predicted octanol–water partition coefficient (Wildman–Crippen LogP) is 6.99. The van der Waals surface area contributed by atoms with Crippen LogP contribution in [0.4, 0.5) is 0 Å². The molecule has 0 saturated carbocycles. The quantitative estimate of drug-likeness (QED) is 0.446. The Kier molecular flexibility index (Phi) is 7.81. The van der Waals surface area contributed by atoms with Gasteiger partial charge >= 0.3 is 5.97 Å². The van der Waals surface area contributed by atoms with Crippen molar-refractivity contribution in [3.8, 4) is 0 Å². The molecule has 1 atom stereocenters. The van der Waals surface area contributed by atoms with Crippen molar-refractivity contribution in [2.24, 2.45) is 5.41 Å². The second kappa shape index (κ2) is 9.46. The maximum Gasteiger partial charge on any atom is 0.348 e. The standard InChI is InChI=1S/C27H40O3S/c1-10-27(11-2,22-17-19(4)23(31-22)24(28)30-9)21-13-12-20(18(3)16-21)14-15-26(8,29)25(5,6)7/h12-13,16-17,29H,10-11,14-15H2,1-9H3. The molecule has 3 nitrogen and oxygen atoms in total. The van der Waals surface area contributed by atoms with Crippen LogP contribution in [0.25, 0.3) is 0 Å². The number of thiophene rings is 1. The fourth-order valence-corrected chi connectivity index (χ4v) is 5.63. The second-order valence-corrected chi connectivity index (χ2v) is 11.1. The Morgan fingerprint density at radius 2 is 1.65 bits per heavy atom. The van der Waals surface area contributed by atoms with Crippen LogP contribution in [0.5, 0.6) is 0 Å². The summed E-state index contributed by atoms with van der Waals surface area (Å²) in [5.41, 5.74) is 3.82. The topological polar surface area (TPSA) is 46.5 Å². The number of aliphatic hydroxyl groups is 1. The van der Waals surface area contributed by atoms with Crippen LogP contribution in [-0.4, -0.2) is 23.8 Å². The molecule has 2 aromatic rings. The molecule has 0 spiro atoms. The molecule has 0 amide bonds. The van der Waals surface area contributed by atoms with E-state index in [1.54, 1.807) is 11.3 Å². The highest BCUT2D eigenvalue weighted by atomic mass is 32.1. The molecule has 0 saturated heterocycles. The van der Waals surface area contributed by atoms with Gasteiger partial charge in [-0.15, -0.1) is 11.3 Å². The summed E-state index contributed by atoms with van der Waals surface area (Å²) < 4.78 is 4.98. The monoisotopic (exact) mass is 444 g/mol. The molecule has 1 unspecified atom stereocenters. The molecule has 0 aliphatic rings. The van der Waals surface area contributed by atoms with Crippen molar-refractivity contribution in [3.63, 3.8) is 0 Å². The first-order chi connectivity index (χ1) is 14.3. The smallest absolute Gasteiger partial charge is 0.348 e. The Morgan fingerprint density at radius 3 is 2.13 bits per heavy atom. The fraction of sp³-hybridized carbons (Fsp3) is 0.593. The SMILES string of the molecule is CCC(CC)(c1ccc(CCC(C)(O)C(C)(C)C)c(C)c1)c1cc(C)c(C(=O)OC)s1. The normalized spacial score (nSPS) is 14.4. The Bertz CT molecular complexity index is 911. The van der Waals surface area contributed by atoms with Gasteiger partial charge in [0.1, 0.15) is 4.88 Å². The molecule has 0 aliphatic heterocycles. The Labute approximate surface area is 192 Å².